The van der Waals surface area contributed by atoms with Crippen LogP contribution in [0.3, 0.4) is 0 Å². The van der Waals surface area contributed by atoms with E-state index in [2.05, 4.69) is 10.6 Å². The van der Waals surface area contributed by atoms with Gasteiger partial charge < -0.3 is 10.6 Å². The molecule has 1 aromatic carbocycles. The number of amides is 1. The van der Waals surface area contributed by atoms with Crippen LogP contribution in [0.4, 0.5) is 13.2 Å². The average molecular weight is 258 g/mol. The molecule has 1 aliphatic heterocycles. The standard InChI is InChI=1S/C12H13F3N2O/c13-12(14,15)9-4-2-1-3-8(9)7-10-11(18)17-6-5-16-10/h1-4,10,16H,5-7H2,(H,17,18)/t10-/m1/s1. The third-order valence-corrected chi connectivity index (χ3v) is 2.88. The molecule has 1 amide bonds. The minimum Gasteiger partial charge on any atom is -0.353 e. The highest BCUT2D eigenvalue weighted by atomic mass is 19.4. The summed E-state index contributed by atoms with van der Waals surface area (Å²) in [7, 11) is 0. The van der Waals surface area contributed by atoms with Crippen molar-refractivity contribution in [3.05, 3.63) is 35.4 Å². The summed E-state index contributed by atoms with van der Waals surface area (Å²) in [4.78, 5) is 11.5. The quantitative estimate of drug-likeness (QED) is 0.840. The Morgan fingerprint density at radius 1 is 1.22 bits per heavy atom. The summed E-state index contributed by atoms with van der Waals surface area (Å²) < 4.78 is 38.3. The van der Waals surface area contributed by atoms with Crippen LogP contribution in [0.15, 0.2) is 24.3 Å². The molecule has 0 spiro atoms. The summed E-state index contributed by atoms with van der Waals surface area (Å²) in [5.74, 6) is -0.252. The summed E-state index contributed by atoms with van der Waals surface area (Å²) in [6.07, 6.45) is -4.34. The van der Waals surface area contributed by atoms with Gasteiger partial charge in [0.15, 0.2) is 0 Å². The van der Waals surface area contributed by atoms with E-state index in [4.69, 9.17) is 0 Å². The number of nitrogens with one attached hydrogen (secondary N) is 2. The fraction of sp³-hybridized carbons (Fsp3) is 0.417. The third kappa shape index (κ3) is 2.81. The molecule has 0 radical (unpaired) electrons. The van der Waals surface area contributed by atoms with Crippen LogP contribution >= 0.6 is 0 Å². The SMILES string of the molecule is O=C1NCCN[C@@H]1Cc1ccccc1C(F)(F)F. The van der Waals surface area contributed by atoms with E-state index in [9.17, 15) is 18.0 Å². The molecule has 0 unspecified atom stereocenters. The van der Waals surface area contributed by atoms with Crippen LogP contribution in [0.1, 0.15) is 11.1 Å². The van der Waals surface area contributed by atoms with E-state index in [-0.39, 0.29) is 17.9 Å². The molecule has 2 N–H and O–H groups in total. The minimum absolute atomic E-state index is 0.0432. The first-order chi connectivity index (χ1) is 8.48. The van der Waals surface area contributed by atoms with Crippen molar-refractivity contribution in [2.45, 2.75) is 18.6 Å². The Balaban J connectivity index is 2.21. The first-order valence-corrected chi connectivity index (χ1v) is 5.64. The summed E-state index contributed by atoms with van der Waals surface area (Å²) in [6.45, 7) is 1.08. The highest BCUT2D eigenvalue weighted by Crippen LogP contribution is 2.32. The van der Waals surface area contributed by atoms with Gasteiger partial charge in [0.25, 0.3) is 0 Å². The van der Waals surface area contributed by atoms with Gasteiger partial charge in [0, 0.05) is 13.1 Å². The summed E-state index contributed by atoms with van der Waals surface area (Å²) in [5.41, 5.74) is -0.537. The zero-order chi connectivity index (χ0) is 13.2. The molecule has 98 valence electrons. The van der Waals surface area contributed by atoms with Gasteiger partial charge in [0.05, 0.1) is 11.6 Å². The van der Waals surface area contributed by atoms with Crippen LogP contribution in [-0.2, 0) is 17.4 Å². The van der Waals surface area contributed by atoms with Crippen molar-refractivity contribution in [2.75, 3.05) is 13.1 Å². The smallest absolute Gasteiger partial charge is 0.353 e. The molecule has 1 fully saturated rings. The van der Waals surface area contributed by atoms with E-state index in [1.807, 2.05) is 0 Å². The predicted molar refractivity (Wildman–Crippen MR) is 59.9 cm³/mol. The molecule has 1 aromatic rings. The molecule has 3 nitrogen and oxygen atoms in total. The predicted octanol–water partition coefficient (Wildman–Crippen LogP) is 1.34. The van der Waals surface area contributed by atoms with Gasteiger partial charge in [-0.25, -0.2) is 0 Å². The van der Waals surface area contributed by atoms with Crippen LogP contribution < -0.4 is 10.6 Å². The molecule has 0 aliphatic carbocycles. The van der Waals surface area contributed by atoms with Gasteiger partial charge in [-0.1, -0.05) is 18.2 Å². The number of hydrogen-bond acceptors (Lipinski definition) is 2. The number of halogens is 3. The number of alkyl halides is 3. The molecule has 1 saturated heterocycles. The van der Waals surface area contributed by atoms with Crippen LogP contribution in [0.25, 0.3) is 0 Å². The Hall–Kier alpha value is -1.56. The molecular weight excluding hydrogens is 245 g/mol. The Morgan fingerprint density at radius 2 is 1.94 bits per heavy atom. The molecule has 1 atom stereocenters. The molecule has 0 bridgehead atoms. The van der Waals surface area contributed by atoms with E-state index in [1.165, 1.54) is 12.1 Å². The van der Waals surface area contributed by atoms with Crippen molar-refractivity contribution in [3.8, 4) is 0 Å². The highest BCUT2D eigenvalue weighted by molar-refractivity contribution is 5.82. The molecule has 2 rings (SSSR count). The van der Waals surface area contributed by atoms with Gasteiger partial charge in [-0.05, 0) is 18.1 Å². The fourth-order valence-corrected chi connectivity index (χ4v) is 2.01. The van der Waals surface area contributed by atoms with Crippen LogP contribution in [0, 0.1) is 0 Å². The number of benzene rings is 1. The number of carbonyl (C=O) groups is 1. The van der Waals surface area contributed by atoms with E-state index in [0.717, 1.165) is 6.07 Å². The minimum atomic E-state index is -4.39. The first-order valence-electron chi connectivity index (χ1n) is 5.64. The number of hydrogen-bond donors (Lipinski definition) is 2. The van der Waals surface area contributed by atoms with Crippen molar-refractivity contribution in [1.29, 1.82) is 0 Å². The summed E-state index contributed by atoms with van der Waals surface area (Å²) in [6, 6.07) is 4.75. The van der Waals surface area contributed by atoms with Gasteiger partial charge in [-0.2, -0.15) is 13.2 Å². The molecular formula is C12H13F3N2O. The Bertz CT molecular complexity index is 445. The molecule has 6 heteroatoms. The zero-order valence-electron chi connectivity index (χ0n) is 9.55. The lowest BCUT2D eigenvalue weighted by Gasteiger charge is -2.24. The van der Waals surface area contributed by atoms with Gasteiger partial charge >= 0.3 is 6.18 Å². The Kier molecular flexibility index (Phi) is 3.56. The molecule has 1 heterocycles. The van der Waals surface area contributed by atoms with Gasteiger partial charge in [-0.15, -0.1) is 0 Å². The van der Waals surface area contributed by atoms with Crippen molar-refractivity contribution in [2.24, 2.45) is 0 Å². The molecule has 0 aromatic heterocycles. The van der Waals surface area contributed by atoms with Gasteiger partial charge in [-0.3, -0.25) is 4.79 Å². The van der Waals surface area contributed by atoms with Gasteiger partial charge in [0.1, 0.15) is 0 Å². The fourth-order valence-electron chi connectivity index (χ4n) is 2.01. The average Bonchev–Trinajstić information content (AvgIpc) is 2.31. The maximum Gasteiger partial charge on any atom is 0.416 e. The van der Waals surface area contributed by atoms with E-state index in [0.29, 0.717) is 13.1 Å². The van der Waals surface area contributed by atoms with Crippen molar-refractivity contribution in [3.63, 3.8) is 0 Å². The lowest BCUT2D eigenvalue weighted by molar-refractivity contribution is -0.138. The lowest BCUT2D eigenvalue weighted by atomic mass is 9.98. The van der Waals surface area contributed by atoms with Crippen LogP contribution in [0.5, 0.6) is 0 Å². The lowest BCUT2D eigenvalue weighted by Crippen LogP contribution is -2.53. The van der Waals surface area contributed by atoms with Gasteiger partial charge in [0.2, 0.25) is 5.91 Å². The summed E-state index contributed by atoms with van der Waals surface area (Å²) in [5, 5.41) is 5.54. The van der Waals surface area contributed by atoms with Crippen LogP contribution in [0.2, 0.25) is 0 Å². The second-order valence-corrected chi connectivity index (χ2v) is 4.16. The van der Waals surface area contributed by atoms with E-state index >= 15 is 0 Å². The van der Waals surface area contributed by atoms with Crippen molar-refractivity contribution >= 4 is 5.91 Å². The first kappa shape index (κ1) is 12.9. The summed E-state index contributed by atoms with van der Waals surface area (Å²) >= 11 is 0. The normalized spacial score (nSPS) is 20.6. The van der Waals surface area contributed by atoms with Crippen molar-refractivity contribution in [1.82, 2.24) is 10.6 Å². The maximum atomic E-state index is 12.8. The topological polar surface area (TPSA) is 41.1 Å². The Labute approximate surface area is 102 Å². The number of rotatable bonds is 2. The number of carbonyl (C=O) groups excluding carboxylic acids is 1. The molecule has 18 heavy (non-hydrogen) atoms. The third-order valence-electron chi connectivity index (χ3n) is 2.88. The second-order valence-electron chi connectivity index (χ2n) is 4.16. The van der Waals surface area contributed by atoms with Crippen molar-refractivity contribution < 1.29 is 18.0 Å². The molecule has 0 saturated carbocycles. The van der Waals surface area contributed by atoms with E-state index < -0.39 is 17.8 Å². The largest absolute Gasteiger partial charge is 0.416 e. The number of piperazine rings is 1. The monoisotopic (exact) mass is 258 g/mol. The Morgan fingerprint density at radius 3 is 2.61 bits per heavy atom. The second kappa shape index (κ2) is 4.97. The van der Waals surface area contributed by atoms with Crippen LogP contribution in [-0.4, -0.2) is 25.0 Å². The zero-order valence-corrected chi connectivity index (χ0v) is 9.55. The molecule has 1 aliphatic rings. The maximum absolute atomic E-state index is 12.8. The van der Waals surface area contributed by atoms with E-state index in [1.54, 1.807) is 6.07 Å². The highest BCUT2D eigenvalue weighted by Gasteiger charge is 2.34.